The van der Waals surface area contributed by atoms with E-state index in [-0.39, 0.29) is 5.78 Å². The van der Waals surface area contributed by atoms with Gasteiger partial charge in [0.2, 0.25) is 0 Å². The molecule has 0 amide bonds. The fourth-order valence-corrected chi connectivity index (χ4v) is 9.25. The van der Waals surface area contributed by atoms with Gasteiger partial charge in [-0.15, -0.1) is 11.6 Å². The summed E-state index contributed by atoms with van der Waals surface area (Å²) >= 11 is 12.0. The van der Waals surface area contributed by atoms with Crippen molar-refractivity contribution in [1.82, 2.24) is 0 Å². The third-order valence-corrected chi connectivity index (χ3v) is 11.0. The Bertz CT molecular complexity index is 520. The molecule has 0 aliphatic carbocycles. The van der Waals surface area contributed by atoms with Gasteiger partial charge in [0, 0.05) is 17.9 Å². The maximum absolute atomic E-state index is 11.9. The van der Waals surface area contributed by atoms with Crippen LogP contribution in [0, 0.1) is 0 Å². The molecule has 1 rings (SSSR count). The van der Waals surface area contributed by atoms with Crippen LogP contribution < -0.4 is 4.43 Å². The first-order valence-electron chi connectivity index (χ1n) is 8.24. The van der Waals surface area contributed by atoms with E-state index < -0.39 is 8.32 Å². The fourth-order valence-electron chi connectivity index (χ4n) is 3.53. The summed E-state index contributed by atoms with van der Waals surface area (Å²) in [4.78, 5) is 11.9. The summed E-state index contributed by atoms with van der Waals surface area (Å²) in [7, 11) is -2.05. The molecule has 0 aromatic heterocycles. The summed E-state index contributed by atoms with van der Waals surface area (Å²) in [6, 6.07) is 5.32. The van der Waals surface area contributed by atoms with Gasteiger partial charge in [0.15, 0.2) is 5.78 Å². The SMILES string of the molecule is CC(C)[Si](Oc1ccc(C(=O)CCCl)cc1Cl)(C(C)C)C(C)C. The van der Waals surface area contributed by atoms with Crippen LogP contribution >= 0.6 is 23.2 Å². The van der Waals surface area contributed by atoms with Crippen molar-refractivity contribution in [2.24, 2.45) is 0 Å². The smallest absolute Gasteiger partial charge is 0.258 e. The lowest BCUT2D eigenvalue weighted by Crippen LogP contribution is -2.50. The van der Waals surface area contributed by atoms with Crippen molar-refractivity contribution in [3.8, 4) is 5.75 Å². The van der Waals surface area contributed by atoms with E-state index in [4.69, 9.17) is 27.6 Å². The maximum Gasteiger partial charge on any atom is 0.258 e. The highest BCUT2D eigenvalue weighted by atomic mass is 35.5. The van der Waals surface area contributed by atoms with Gasteiger partial charge in [0.1, 0.15) is 5.75 Å². The number of halogens is 2. The molecule has 1 aromatic rings. The number of alkyl halides is 1. The van der Waals surface area contributed by atoms with E-state index in [2.05, 4.69) is 41.5 Å². The standard InChI is InChI=1S/C18H28Cl2O2Si/c1-12(2)23(13(3)4,14(5)6)22-18-8-7-15(11-16(18)20)17(21)9-10-19/h7-8,11-14H,9-10H2,1-6H3. The quantitative estimate of drug-likeness (QED) is 0.287. The van der Waals surface area contributed by atoms with E-state index in [1.807, 2.05) is 6.07 Å². The van der Waals surface area contributed by atoms with E-state index in [0.29, 0.717) is 45.3 Å². The summed E-state index contributed by atoms with van der Waals surface area (Å²) < 4.78 is 6.58. The average Bonchev–Trinajstić information content (AvgIpc) is 2.44. The highest BCUT2D eigenvalue weighted by molar-refractivity contribution is 6.78. The zero-order chi connectivity index (χ0) is 17.8. The molecule has 1 aromatic carbocycles. The first-order valence-corrected chi connectivity index (χ1v) is 11.3. The Balaban J connectivity index is 3.18. The number of benzene rings is 1. The number of Topliss-reactive ketones (excluding diaryl/α,β-unsaturated/α-hetero) is 1. The summed E-state index contributed by atoms with van der Waals surface area (Å²) in [5, 5.41) is 0.504. The molecule has 23 heavy (non-hydrogen) atoms. The van der Waals surface area contributed by atoms with Crippen LogP contribution in [0.1, 0.15) is 58.3 Å². The third-order valence-electron chi connectivity index (χ3n) is 4.57. The van der Waals surface area contributed by atoms with Crippen molar-refractivity contribution in [2.75, 3.05) is 5.88 Å². The predicted octanol–water partition coefficient (Wildman–Crippen LogP) is 6.71. The number of hydrogen-bond acceptors (Lipinski definition) is 2. The Morgan fingerprint density at radius 3 is 2.00 bits per heavy atom. The van der Waals surface area contributed by atoms with Crippen LogP contribution in [0.15, 0.2) is 18.2 Å². The van der Waals surface area contributed by atoms with Gasteiger partial charge < -0.3 is 4.43 Å². The van der Waals surface area contributed by atoms with Crippen LogP contribution in [0.4, 0.5) is 0 Å². The Morgan fingerprint density at radius 2 is 1.61 bits per heavy atom. The lowest BCUT2D eigenvalue weighted by Gasteiger charge is -2.42. The van der Waals surface area contributed by atoms with Gasteiger partial charge >= 0.3 is 0 Å². The van der Waals surface area contributed by atoms with Crippen LogP contribution in [0.5, 0.6) is 5.75 Å². The van der Waals surface area contributed by atoms with Crippen molar-refractivity contribution in [3.05, 3.63) is 28.8 Å². The molecule has 0 atom stereocenters. The van der Waals surface area contributed by atoms with Crippen LogP contribution in [-0.4, -0.2) is 20.0 Å². The second-order valence-electron chi connectivity index (χ2n) is 6.93. The largest absolute Gasteiger partial charge is 0.542 e. The molecule has 2 nitrogen and oxygen atoms in total. The topological polar surface area (TPSA) is 26.3 Å². The highest BCUT2D eigenvalue weighted by Crippen LogP contribution is 2.44. The van der Waals surface area contributed by atoms with E-state index in [1.54, 1.807) is 12.1 Å². The van der Waals surface area contributed by atoms with Gasteiger partial charge in [-0.25, -0.2) is 0 Å². The van der Waals surface area contributed by atoms with Crippen LogP contribution in [0.2, 0.25) is 21.6 Å². The molecule has 0 saturated heterocycles. The van der Waals surface area contributed by atoms with E-state index >= 15 is 0 Å². The minimum absolute atomic E-state index is 0.00790. The molecule has 5 heteroatoms. The lowest BCUT2D eigenvalue weighted by molar-refractivity contribution is 0.0989. The van der Waals surface area contributed by atoms with Crippen molar-refractivity contribution in [2.45, 2.75) is 64.6 Å². The van der Waals surface area contributed by atoms with Crippen molar-refractivity contribution >= 4 is 37.3 Å². The Labute approximate surface area is 151 Å². The molecule has 0 aliphatic rings. The molecular weight excluding hydrogens is 347 g/mol. The number of hydrogen-bond donors (Lipinski definition) is 0. The molecule has 0 saturated carbocycles. The summed E-state index contributed by atoms with van der Waals surface area (Å²) in [6.07, 6.45) is 0.320. The second kappa shape index (κ2) is 8.54. The fraction of sp³-hybridized carbons (Fsp3) is 0.611. The van der Waals surface area contributed by atoms with Gasteiger partial charge in [-0.2, -0.15) is 0 Å². The minimum atomic E-state index is -2.05. The summed E-state index contributed by atoms with van der Waals surface area (Å²) in [6.45, 7) is 13.4. The normalized spacial score (nSPS) is 12.3. The Kier molecular flexibility index (Phi) is 7.63. The van der Waals surface area contributed by atoms with Crippen LogP contribution in [0.25, 0.3) is 0 Å². The molecule has 0 spiro atoms. The van der Waals surface area contributed by atoms with Crippen molar-refractivity contribution in [3.63, 3.8) is 0 Å². The first kappa shape index (κ1) is 20.5. The second-order valence-corrected chi connectivity index (χ2v) is 13.1. The van der Waals surface area contributed by atoms with Gasteiger partial charge in [0.25, 0.3) is 8.32 Å². The van der Waals surface area contributed by atoms with Gasteiger partial charge in [-0.1, -0.05) is 53.1 Å². The predicted molar refractivity (Wildman–Crippen MR) is 103 cm³/mol. The lowest BCUT2D eigenvalue weighted by atomic mass is 10.1. The van der Waals surface area contributed by atoms with Crippen LogP contribution in [0.3, 0.4) is 0 Å². The molecule has 0 N–H and O–H groups in total. The Morgan fingerprint density at radius 1 is 1.09 bits per heavy atom. The van der Waals surface area contributed by atoms with Crippen molar-refractivity contribution in [1.29, 1.82) is 0 Å². The highest BCUT2D eigenvalue weighted by Gasteiger charge is 2.47. The third kappa shape index (κ3) is 4.52. The van der Waals surface area contributed by atoms with Crippen molar-refractivity contribution < 1.29 is 9.22 Å². The van der Waals surface area contributed by atoms with Gasteiger partial charge in [-0.05, 0) is 34.8 Å². The molecule has 0 unspecified atom stereocenters. The first-order chi connectivity index (χ1) is 10.7. The van der Waals surface area contributed by atoms with Gasteiger partial charge in [-0.3, -0.25) is 4.79 Å². The van der Waals surface area contributed by atoms with Crippen LogP contribution in [-0.2, 0) is 0 Å². The van der Waals surface area contributed by atoms with E-state index in [0.717, 1.165) is 0 Å². The monoisotopic (exact) mass is 374 g/mol. The Hall–Kier alpha value is -0.513. The number of ketones is 1. The van der Waals surface area contributed by atoms with E-state index in [9.17, 15) is 4.79 Å². The molecule has 0 fully saturated rings. The zero-order valence-corrected chi connectivity index (χ0v) is 17.5. The zero-order valence-electron chi connectivity index (χ0n) is 15.0. The number of carbonyl (C=O) groups excluding carboxylic acids is 1. The molecule has 0 bridgehead atoms. The molecule has 130 valence electrons. The number of rotatable bonds is 8. The minimum Gasteiger partial charge on any atom is -0.542 e. The summed E-state index contributed by atoms with van der Waals surface area (Å²) in [5.41, 5.74) is 2.00. The maximum atomic E-state index is 11.9. The number of carbonyl (C=O) groups is 1. The van der Waals surface area contributed by atoms with E-state index in [1.165, 1.54) is 0 Å². The molecular formula is C18H28Cl2O2Si. The van der Waals surface area contributed by atoms with Gasteiger partial charge in [0.05, 0.1) is 5.02 Å². The average molecular weight is 375 g/mol. The molecule has 0 radical (unpaired) electrons. The summed E-state index contributed by atoms with van der Waals surface area (Å²) in [5.74, 6) is 1.02. The molecule has 0 heterocycles. The molecule has 0 aliphatic heterocycles.